The second-order valence-electron chi connectivity index (χ2n) is 4.46. The van der Waals surface area contributed by atoms with Gasteiger partial charge in [0.25, 0.3) is 0 Å². The van der Waals surface area contributed by atoms with Crippen LogP contribution in [0.1, 0.15) is 0 Å². The molecular formula is C16H13BrN4. The first-order valence-corrected chi connectivity index (χ1v) is 7.31. The summed E-state index contributed by atoms with van der Waals surface area (Å²) in [6.07, 6.45) is 0. The van der Waals surface area contributed by atoms with Crippen molar-refractivity contribution >= 4 is 21.7 Å². The van der Waals surface area contributed by atoms with Crippen LogP contribution in [0.5, 0.6) is 0 Å². The molecule has 21 heavy (non-hydrogen) atoms. The summed E-state index contributed by atoms with van der Waals surface area (Å²) >= 11 is 3.45. The van der Waals surface area contributed by atoms with Crippen LogP contribution in [-0.4, -0.2) is 22.2 Å². The molecule has 0 amide bonds. The minimum Gasteiger partial charge on any atom is -0.371 e. The molecular weight excluding hydrogens is 328 g/mol. The van der Waals surface area contributed by atoms with Gasteiger partial charge in [-0.15, -0.1) is 10.2 Å². The zero-order chi connectivity index (χ0) is 14.7. The van der Waals surface area contributed by atoms with Crippen molar-refractivity contribution in [2.45, 2.75) is 0 Å². The van der Waals surface area contributed by atoms with Crippen LogP contribution in [0.2, 0.25) is 0 Å². The fourth-order valence-electron chi connectivity index (χ4n) is 2.04. The molecule has 0 aliphatic heterocycles. The van der Waals surface area contributed by atoms with Gasteiger partial charge >= 0.3 is 0 Å². The van der Waals surface area contributed by atoms with Crippen LogP contribution >= 0.6 is 15.9 Å². The molecule has 1 heterocycles. The molecule has 0 aliphatic carbocycles. The van der Waals surface area contributed by atoms with Crippen molar-refractivity contribution < 1.29 is 0 Å². The van der Waals surface area contributed by atoms with Crippen molar-refractivity contribution in [1.29, 1.82) is 0 Å². The Kier molecular flexibility index (Phi) is 3.92. The standard InChI is InChI=1S/C16H13BrN4/c1-18-16-14(11-6-3-2-4-7-11)20-21-15(19-16)12-8-5-9-13(17)10-12/h2-10H,1H3,(H,18,19,21). The number of halogens is 1. The number of anilines is 1. The number of rotatable bonds is 3. The van der Waals surface area contributed by atoms with E-state index in [1.54, 1.807) is 0 Å². The highest BCUT2D eigenvalue weighted by molar-refractivity contribution is 9.10. The topological polar surface area (TPSA) is 50.7 Å². The third kappa shape index (κ3) is 2.92. The number of hydrogen-bond acceptors (Lipinski definition) is 4. The van der Waals surface area contributed by atoms with Crippen molar-refractivity contribution in [3.63, 3.8) is 0 Å². The van der Waals surface area contributed by atoms with Gasteiger partial charge in [-0.05, 0) is 12.1 Å². The van der Waals surface area contributed by atoms with Gasteiger partial charge in [0, 0.05) is 22.6 Å². The fraction of sp³-hybridized carbons (Fsp3) is 0.0625. The van der Waals surface area contributed by atoms with Crippen molar-refractivity contribution in [3.05, 3.63) is 59.1 Å². The normalized spacial score (nSPS) is 10.4. The lowest BCUT2D eigenvalue weighted by Crippen LogP contribution is -2.02. The average Bonchev–Trinajstić information content (AvgIpc) is 2.55. The molecule has 1 aromatic heterocycles. The largest absolute Gasteiger partial charge is 0.371 e. The van der Waals surface area contributed by atoms with Gasteiger partial charge in [-0.1, -0.05) is 58.4 Å². The van der Waals surface area contributed by atoms with Crippen LogP contribution in [0, 0.1) is 0 Å². The maximum atomic E-state index is 4.57. The molecule has 2 aromatic carbocycles. The monoisotopic (exact) mass is 340 g/mol. The van der Waals surface area contributed by atoms with Crippen LogP contribution in [0.15, 0.2) is 59.1 Å². The van der Waals surface area contributed by atoms with Crippen molar-refractivity contribution in [3.8, 4) is 22.6 Å². The molecule has 0 saturated carbocycles. The van der Waals surface area contributed by atoms with E-state index in [9.17, 15) is 0 Å². The zero-order valence-corrected chi connectivity index (χ0v) is 13.0. The lowest BCUT2D eigenvalue weighted by Gasteiger charge is -2.08. The van der Waals surface area contributed by atoms with E-state index in [1.165, 1.54) is 0 Å². The lowest BCUT2D eigenvalue weighted by atomic mass is 10.1. The Morgan fingerprint density at radius 2 is 1.67 bits per heavy atom. The molecule has 1 N–H and O–H groups in total. The molecule has 0 unspecified atom stereocenters. The summed E-state index contributed by atoms with van der Waals surface area (Å²) in [4.78, 5) is 4.57. The predicted molar refractivity (Wildman–Crippen MR) is 87.9 cm³/mol. The SMILES string of the molecule is CNc1nc(-c2cccc(Br)c2)nnc1-c1ccccc1. The summed E-state index contributed by atoms with van der Waals surface area (Å²) in [7, 11) is 1.83. The van der Waals surface area contributed by atoms with Crippen LogP contribution in [0.4, 0.5) is 5.82 Å². The Labute approximate surface area is 131 Å². The van der Waals surface area contributed by atoms with E-state index in [-0.39, 0.29) is 0 Å². The van der Waals surface area contributed by atoms with Crippen molar-refractivity contribution in [2.24, 2.45) is 0 Å². The van der Waals surface area contributed by atoms with E-state index in [1.807, 2.05) is 61.6 Å². The summed E-state index contributed by atoms with van der Waals surface area (Å²) in [5.41, 5.74) is 2.66. The molecule has 0 bridgehead atoms. The number of nitrogens with one attached hydrogen (secondary N) is 1. The van der Waals surface area contributed by atoms with E-state index in [0.29, 0.717) is 11.6 Å². The Morgan fingerprint density at radius 3 is 2.38 bits per heavy atom. The first-order chi connectivity index (χ1) is 10.3. The van der Waals surface area contributed by atoms with Crippen LogP contribution in [-0.2, 0) is 0 Å². The molecule has 3 aromatic rings. The predicted octanol–water partition coefficient (Wildman–Crippen LogP) is 4.01. The number of aromatic nitrogens is 3. The summed E-state index contributed by atoms with van der Waals surface area (Å²) in [5.74, 6) is 1.31. The highest BCUT2D eigenvalue weighted by Crippen LogP contribution is 2.26. The third-order valence-corrected chi connectivity index (χ3v) is 3.55. The van der Waals surface area contributed by atoms with E-state index < -0.39 is 0 Å². The Morgan fingerprint density at radius 1 is 0.905 bits per heavy atom. The summed E-state index contributed by atoms with van der Waals surface area (Å²) in [5, 5.41) is 11.7. The highest BCUT2D eigenvalue weighted by Gasteiger charge is 2.11. The molecule has 104 valence electrons. The summed E-state index contributed by atoms with van der Waals surface area (Å²) < 4.78 is 0.988. The highest BCUT2D eigenvalue weighted by atomic mass is 79.9. The van der Waals surface area contributed by atoms with Crippen LogP contribution in [0.3, 0.4) is 0 Å². The Bertz CT molecular complexity index is 759. The van der Waals surface area contributed by atoms with Gasteiger partial charge in [0.05, 0.1) is 0 Å². The molecule has 4 nitrogen and oxygen atoms in total. The number of nitrogens with zero attached hydrogens (tertiary/aromatic N) is 3. The first-order valence-electron chi connectivity index (χ1n) is 6.52. The minimum atomic E-state index is 0.598. The average molecular weight is 341 g/mol. The summed E-state index contributed by atoms with van der Waals surface area (Å²) in [6.45, 7) is 0. The van der Waals surface area contributed by atoms with Gasteiger partial charge in [0.1, 0.15) is 5.69 Å². The smallest absolute Gasteiger partial charge is 0.183 e. The van der Waals surface area contributed by atoms with Gasteiger partial charge in [-0.3, -0.25) is 0 Å². The molecule has 0 atom stereocenters. The van der Waals surface area contributed by atoms with Gasteiger partial charge in [-0.25, -0.2) is 4.98 Å². The van der Waals surface area contributed by atoms with Gasteiger partial charge in [0.15, 0.2) is 11.6 Å². The van der Waals surface area contributed by atoms with E-state index in [4.69, 9.17) is 0 Å². The van der Waals surface area contributed by atoms with Gasteiger partial charge in [0.2, 0.25) is 0 Å². The van der Waals surface area contributed by atoms with Crippen LogP contribution < -0.4 is 5.32 Å². The van der Waals surface area contributed by atoms with E-state index >= 15 is 0 Å². The Balaban J connectivity index is 2.08. The first kappa shape index (κ1) is 13.7. The Hall–Kier alpha value is -2.27. The second-order valence-corrected chi connectivity index (χ2v) is 5.37. The molecule has 3 rings (SSSR count). The molecule has 0 fully saturated rings. The van der Waals surface area contributed by atoms with Crippen molar-refractivity contribution in [2.75, 3.05) is 12.4 Å². The molecule has 0 aliphatic rings. The van der Waals surface area contributed by atoms with Crippen LogP contribution in [0.25, 0.3) is 22.6 Å². The minimum absolute atomic E-state index is 0.598. The van der Waals surface area contributed by atoms with Gasteiger partial charge < -0.3 is 5.32 Å². The zero-order valence-electron chi connectivity index (χ0n) is 11.4. The van der Waals surface area contributed by atoms with E-state index in [0.717, 1.165) is 21.3 Å². The quantitative estimate of drug-likeness (QED) is 0.782. The number of benzene rings is 2. The molecule has 5 heteroatoms. The third-order valence-electron chi connectivity index (χ3n) is 3.05. The second kappa shape index (κ2) is 6.01. The van der Waals surface area contributed by atoms with Gasteiger partial charge in [-0.2, -0.15) is 0 Å². The molecule has 0 saturated heterocycles. The molecule has 0 radical (unpaired) electrons. The fourth-order valence-corrected chi connectivity index (χ4v) is 2.44. The molecule has 0 spiro atoms. The lowest BCUT2D eigenvalue weighted by molar-refractivity contribution is 0.988. The summed E-state index contributed by atoms with van der Waals surface area (Å²) in [6, 6.07) is 17.7. The van der Waals surface area contributed by atoms with Crippen molar-refractivity contribution in [1.82, 2.24) is 15.2 Å². The maximum absolute atomic E-state index is 4.57. The number of hydrogen-bond donors (Lipinski definition) is 1. The maximum Gasteiger partial charge on any atom is 0.183 e. The van der Waals surface area contributed by atoms with E-state index in [2.05, 4.69) is 36.4 Å².